The molecule has 2 unspecified atom stereocenters. The molecule has 0 fully saturated rings. The van der Waals surface area contributed by atoms with Crippen molar-refractivity contribution < 1.29 is 51.3 Å². The summed E-state index contributed by atoms with van der Waals surface area (Å²) in [4.78, 5) is 40.2. The number of terminal acetylenes is 1. The normalized spacial score (nSPS) is 15.6. The maximum Gasteiger partial charge on any atom is 0.417 e. The standard InChI is InChI=1S/C18H15ClFNO3.C15H12F3NO4/c1-3-10(2)24-16-9-15(14(20)8-13(16)19)21-17(22)11-6-4-5-7-12(11)18(21)23;1-9(14(20)21)22-11-3-5-12(6-4-11)23-13-7-2-10(8-19-13)15(16,17)18/h1,8-10H,4-7H2,2H3;2-9H,1H3,(H,20,21). The zero-order valence-corrected chi connectivity index (χ0v) is 25.7. The quantitative estimate of drug-likeness (QED) is 0.150. The van der Waals surface area contributed by atoms with Crippen molar-refractivity contribution in [3.05, 3.63) is 82.3 Å². The maximum absolute atomic E-state index is 14.4. The van der Waals surface area contributed by atoms with Crippen LogP contribution in [0, 0.1) is 18.2 Å². The van der Waals surface area contributed by atoms with Gasteiger partial charge in [0.25, 0.3) is 11.8 Å². The van der Waals surface area contributed by atoms with Crippen molar-refractivity contribution >= 4 is 35.1 Å². The third kappa shape index (κ3) is 8.39. The number of alkyl halides is 3. The van der Waals surface area contributed by atoms with Gasteiger partial charge in [0.1, 0.15) is 23.1 Å². The lowest BCUT2D eigenvalue weighted by molar-refractivity contribution is -0.144. The number of halogens is 5. The van der Waals surface area contributed by atoms with Crippen molar-refractivity contribution in [1.82, 2.24) is 4.98 Å². The van der Waals surface area contributed by atoms with Gasteiger partial charge in [-0.25, -0.2) is 19.1 Å². The van der Waals surface area contributed by atoms with Crippen LogP contribution in [-0.2, 0) is 20.6 Å². The Labute approximate surface area is 271 Å². The van der Waals surface area contributed by atoms with E-state index < -0.39 is 47.5 Å². The number of pyridine rings is 1. The molecule has 2 atom stereocenters. The Morgan fingerprint density at radius 2 is 1.60 bits per heavy atom. The minimum Gasteiger partial charge on any atom is -0.479 e. The first kappa shape index (κ1) is 34.8. The number of nitrogens with zero attached hydrogens (tertiary/aromatic N) is 2. The van der Waals surface area contributed by atoms with Crippen LogP contribution in [0.4, 0.5) is 23.2 Å². The van der Waals surface area contributed by atoms with E-state index in [-0.39, 0.29) is 22.3 Å². The molecule has 2 aromatic carbocycles. The molecule has 14 heteroatoms. The first-order chi connectivity index (χ1) is 22.2. The highest BCUT2D eigenvalue weighted by Crippen LogP contribution is 2.40. The number of amides is 2. The molecule has 0 saturated heterocycles. The summed E-state index contributed by atoms with van der Waals surface area (Å²) in [5.74, 6) is 0.368. The van der Waals surface area contributed by atoms with Crippen molar-refractivity contribution in [2.45, 2.75) is 57.9 Å². The van der Waals surface area contributed by atoms with Crippen LogP contribution < -0.4 is 19.1 Å². The number of benzene rings is 2. The van der Waals surface area contributed by atoms with E-state index in [9.17, 15) is 31.9 Å². The first-order valence-corrected chi connectivity index (χ1v) is 14.5. The number of hydrogen-bond donors (Lipinski definition) is 1. The van der Waals surface area contributed by atoms with Gasteiger partial charge in [-0.3, -0.25) is 9.59 Å². The fourth-order valence-electron chi connectivity index (χ4n) is 4.53. The molecule has 0 bridgehead atoms. The molecule has 0 radical (unpaired) electrons. The fraction of sp³-hybridized carbons (Fsp3) is 0.273. The number of ether oxygens (including phenoxy) is 3. The number of anilines is 1. The summed E-state index contributed by atoms with van der Waals surface area (Å²) in [6, 6.07) is 10.2. The molecule has 1 N–H and O–H groups in total. The Kier molecular flexibility index (Phi) is 10.8. The molecule has 0 spiro atoms. The molecule has 1 aromatic heterocycles. The van der Waals surface area contributed by atoms with E-state index in [4.69, 9.17) is 37.3 Å². The number of carbonyl (C=O) groups excluding carboxylic acids is 2. The zero-order chi connectivity index (χ0) is 34.5. The summed E-state index contributed by atoms with van der Waals surface area (Å²) in [6.45, 7) is 3.02. The molecular formula is C33H27ClF4N2O7. The highest BCUT2D eigenvalue weighted by molar-refractivity contribution is 6.34. The van der Waals surface area contributed by atoms with E-state index in [1.165, 1.54) is 37.3 Å². The van der Waals surface area contributed by atoms with E-state index in [0.29, 0.717) is 41.7 Å². The average Bonchev–Trinajstić information content (AvgIpc) is 3.28. The Hall–Kier alpha value is -5.09. The predicted octanol–water partition coefficient (Wildman–Crippen LogP) is 7.37. The number of hydrogen-bond acceptors (Lipinski definition) is 7. The molecule has 0 saturated carbocycles. The van der Waals surface area contributed by atoms with Gasteiger partial charge < -0.3 is 19.3 Å². The molecule has 2 heterocycles. The van der Waals surface area contributed by atoms with Crippen LogP contribution in [0.5, 0.6) is 23.1 Å². The zero-order valence-electron chi connectivity index (χ0n) is 24.9. The second-order valence-corrected chi connectivity index (χ2v) is 10.7. The first-order valence-electron chi connectivity index (χ1n) is 14.1. The smallest absolute Gasteiger partial charge is 0.417 e. The highest BCUT2D eigenvalue weighted by Gasteiger charge is 2.41. The second-order valence-electron chi connectivity index (χ2n) is 10.3. The molecule has 5 rings (SSSR count). The summed E-state index contributed by atoms with van der Waals surface area (Å²) in [7, 11) is 0. The number of rotatable bonds is 8. The van der Waals surface area contributed by atoms with Crippen LogP contribution >= 0.6 is 11.6 Å². The average molecular weight is 675 g/mol. The Bertz CT molecular complexity index is 1710. The number of carboxylic acid groups (broad SMARTS) is 1. The van der Waals surface area contributed by atoms with Crippen LogP contribution in [-0.4, -0.2) is 40.1 Å². The number of aromatic nitrogens is 1. The minimum atomic E-state index is -4.45. The molecule has 9 nitrogen and oxygen atoms in total. The largest absolute Gasteiger partial charge is 0.479 e. The van der Waals surface area contributed by atoms with Crippen LogP contribution in [0.3, 0.4) is 0 Å². The van der Waals surface area contributed by atoms with Crippen LogP contribution in [0.2, 0.25) is 5.02 Å². The predicted molar refractivity (Wildman–Crippen MR) is 162 cm³/mol. The van der Waals surface area contributed by atoms with E-state index in [0.717, 1.165) is 35.9 Å². The third-order valence-electron chi connectivity index (χ3n) is 6.94. The molecular weight excluding hydrogens is 648 g/mol. The van der Waals surface area contributed by atoms with Crippen LogP contribution in [0.15, 0.2) is 65.9 Å². The van der Waals surface area contributed by atoms with Crippen molar-refractivity contribution in [1.29, 1.82) is 0 Å². The van der Waals surface area contributed by atoms with Gasteiger partial charge in [0.05, 0.1) is 16.3 Å². The summed E-state index contributed by atoms with van der Waals surface area (Å²) in [5.41, 5.74) is -0.0561. The Balaban J connectivity index is 0.000000213. The Morgan fingerprint density at radius 1 is 1.00 bits per heavy atom. The summed E-state index contributed by atoms with van der Waals surface area (Å²) in [5, 5.41) is 8.76. The maximum atomic E-state index is 14.4. The number of carbonyl (C=O) groups is 3. The van der Waals surface area contributed by atoms with E-state index in [1.807, 2.05) is 0 Å². The van der Waals surface area contributed by atoms with Gasteiger partial charge >= 0.3 is 12.1 Å². The lowest BCUT2D eigenvalue weighted by Gasteiger charge is -2.19. The van der Waals surface area contributed by atoms with Crippen molar-refractivity contribution in [3.8, 4) is 35.5 Å². The molecule has 2 aliphatic rings. The van der Waals surface area contributed by atoms with Gasteiger partial charge in [0, 0.05) is 29.5 Å². The van der Waals surface area contributed by atoms with Gasteiger partial charge in [-0.05, 0) is 75.9 Å². The monoisotopic (exact) mass is 674 g/mol. The summed E-state index contributed by atoms with van der Waals surface area (Å²) < 4.78 is 67.5. The Morgan fingerprint density at radius 3 is 2.11 bits per heavy atom. The fourth-order valence-corrected chi connectivity index (χ4v) is 4.73. The van der Waals surface area contributed by atoms with Gasteiger partial charge in [0.2, 0.25) is 5.88 Å². The van der Waals surface area contributed by atoms with Gasteiger partial charge in [0.15, 0.2) is 12.2 Å². The lowest BCUT2D eigenvalue weighted by atomic mass is 9.93. The number of imide groups is 1. The number of aliphatic carboxylic acids is 1. The van der Waals surface area contributed by atoms with Crippen molar-refractivity contribution in [3.63, 3.8) is 0 Å². The van der Waals surface area contributed by atoms with Crippen molar-refractivity contribution in [2.24, 2.45) is 0 Å². The molecule has 3 aromatic rings. The third-order valence-corrected chi connectivity index (χ3v) is 7.24. The molecule has 246 valence electrons. The molecule has 2 amide bonds. The van der Waals surface area contributed by atoms with Crippen molar-refractivity contribution in [2.75, 3.05) is 4.90 Å². The second kappa shape index (κ2) is 14.6. The molecule has 1 aliphatic carbocycles. The molecule has 1 aliphatic heterocycles. The van der Waals surface area contributed by atoms with Gasteiger partial charge in [-0.1, -0.05) is 17.5 Å². The van der Waals surface area contributed by atoms with E-state index >= 15 is 0 Å². The number of carboxylic acids is 1. The SMILES string of the molecule is C#CC(C)Oc1cc(N2C(=O)C3=C(CCCC3)C2=O)c(F)cc1Cl.CC(Oc1ccc(Oc2ccc(C(F)(F)F)cn2)cc1)C(=O)O. The summed E-state index contributed by atoms with van der Waals surface area (Å²) >= 11 is 5.97. The topological polar surface area (TPSA) is 115 Å². The molecule has 47 heavy (non-hydrogen) atoms. The van der Waals surface area contributed by atoms with Crippen LogP contribution in [0.25, 0.3) is 0 Å². The highest BCUT2D eigenvalue weighted by atomic mass is 35.5. The van der Waals surface area contributed by atoms with Gasteiger partial charge in [-0.2, -0.15) is 13.2 Å². The van der Waals surface area contributed by atoms with E-state index in [1.54, 1.807) is 6.92 Å². The minimum absolute atomic E-state index is 0.00516. The lowest BCUT2D eigenvalue weighted by Crippen LogP contribution is -2.32. The van der Waals surface area contributed by atoms with E-state index in [2.05, 4.69) is 10.9 Å². The van der Waals surface area contributed by atoms with Crippen LogP contribution in [0.1, 0.15) is 45.1 Å². The summed E-state index contributed by atoms with van der Waals surface area (Å²) in [6.07, 6.45) is 2.70. The van der Waals surface area contributed by atoms with Gasteiger partial charge in [-0.15, -0.1) is 6.42 Å².